The van der Waals surface area contributed by atoms with Crippen molar-refractivity contribution >= 4 is 21.9 Å². The van der Waals surface area contributed by atoms with Crippen LogP contribution in [-0.4, -0.2) is 20.6 Å². The first-order chi connectivity index (χ1) is 8.41. The summed E-state index contributed by atoms with van der Waals surface area (Å²) < 4.78 is 1.95. The van der Waals surface area contributed by atoms with Crippen LogP contribution < -0.4 is 0 Å². The van der Waals surface area contributed by atoms with Crippen LogP contribution in [0.3, 0.4) is 0 Å². The number of aryl methyl sites for hydroxylation is 2. The molecule has 5 heteroatoms. The lowest BCUT2D eigenvalue weighted by Gasteiger charge is -2.07. The first kappa shape index (κ1) is 12.8. The number of aromatic nitrogens is 2. The number of imidazole rings is 1. The highest BCUT2D eigenvalue weighted by molar-refractivity contribution is 9.10. The first-order valence-electron chi connectivity index (χ1n) is 5.45. The summed E-state index contributed by atoms with van der Waals surface area (Å²) in [6.07, 6.45) is 0. The van der Waals surface area contributed by atoms with Gasteiger partial charge < -0.3 is 9.67 Å². The minimum Gasteiger partial charge on any atom is -0.476 e. The highest BCUT2D eigenvalue weighted by Crippen LogP contribution is 2.27. The molecule has 18 heavy (non-hydrogen) atoms. The third-order valence-corrected chi connectivity index (χ3v) is 3.44. The average Bonchev–Trinajstić information content (AvgIpc) is 2.57. The molecule has 94 valence electrons. The van der Waals surface area contributed by atoms with Crippen LogP contribution in [0.25, 0.3) is 11.4 Å². The van der Waals surface area contributed by atoms with Crippen molar-refractivity contribution in [1.82, 2.24) is 9.55 Å². The van der Waals surface area contributed by atoms with E-state index in [9.17, 15) is 4.79 Å². The molecule has 0 saturated heterocycles. The molecule has 1 aromatic carbocycles. The fraction of sp³-hybridized carbons (Fsp3) is 0.231. The van der Waals surface area contributed by atoms with E-state index in [0.717, 1.165) is 16.7 Å². The highest BCUT2D eigenvalue weighted by Gasteiger charge is 2.20. The number of hydrogen-bond donors (Lipinski definition) is 1. The van der Waals surface area contributed by atoms with Gasteiger partial charge in [-0.1, -0.05) is 17.7 Å². The van der Waals surface area contributed by atoms with Crippen molar-refractivity contribution in [1.29, 1.82) is 0 Å². The zero-order valence-corrected chi connectivity index (χ0v) is 11.9. The second kappa shape index (κ2) is 4.57. The van der Waals surface area contributed by atoms with Gasteiger partial charge in [0, 0.05) is 12.6 Å². The lowest BCUT2D eigenvalue weighted by molar-refractivity contribution is 0.0685. The van der Waals surface area contributed by atoms with Gasteiger partial charge in [0.05, 0.1) is 0 Å². The van der Waals surface area contributed by atoms with E-state index in [1.165, 1.54) is 0 Å². The summed E-state index contributed by atoms with van der Waals surface area (Å²) in [5.41, 5.74) is 3.29. The SMILES string of the molecule is Cc1ccc(C)c(-c2nc(Br)c(C(=O)O)n2C)c1. The van der Waals surface area contributed by atoms with Crippen molar-refractivity contribution in [2.24, 2.45) is 7.05 Å². The van der Waals surface area contributed by atoms with Gasteiger partial charge in [0.25, 0.3) is 0 Å². The number of hydrogen-bond acceptors (Lipinski definition) is 2. The molecule has 0 fully saturated rings. The zero-order chi connectivity index (χ0) is 13.4. The summed E-state index contributed by atoms with van der Waals surface area (Å²) in [7, 11) is 1.71. The number of rotatable bonds is 2. The second-order valence-electron chi connectivity index (χ2n) is 4.26. The number of benzene rings is 1. The van der Waals surface area contributed by atoms with E-state index in [0.29, 0.717) is 10.4 Å². The summed E-state index contributed by atoms with van der Waals surface area (Å²) in [5, 5.41) is 9.14. The molecule has 0 bridgehead atoms. The Kier molecular flexibility index (Phi) is 3.26. The van der Waals surface area contributed by atoms with E-state index in [1.54, 1.807) is 11.6 Å². The Labute approximate surface area is 113 Å². The average molecular weight is 309 g/mol. The second-order valence-corrected chi connectivity index (χ2v) is 5.01. The van der Waals surface area contributed by atoms with E-state index in [2.05, 4.69) is 20.9 Å². The molecule has 0 aliphatic heterocycles. The van der Waals surface area contributed by atoms with Crippen LogP contribution >= 0.6 is 15.9 Å². The molecule has 0 atom stereocenters. The fourth-order valence-corrected chi connectivity index (χ4v) is 2.52. The van der Waals surface area contributed by atoms with Gasteiger partial charge in [0.2, 0.25) is 0 Å². The van der Waals surface area contributed by atoms with E-state index >= 15 is 0 Å². The summed E-state index contributed by atoms with van der Waals surface area (Å²) >= 11 is 3.20. The van der Waals surface area contributed by atoms with Crippen molar-refractivity contribution < 1.29 is 9.90 Å². The molecular weight excluding hydrogens is 296 g/mol. The Hall–Kier alpha value is -1.62. The van der Waals surface area contributed by atoms with Gasteiger partial charge >= 0.3 is 5.97 Å². The minimum atomic E-state index is -0.992. The first-order valence-corrected chi connectivity index (χ1v) is 6.24. The summed E-state index contributed by atoms with van der Waals surface area (Å²) in [6.45, 7) is 3.98. The van der Waals surface area contributed by atoms with E-state index < -0.39 is 5.97 Å². The Balaban J connectivity index is 2.69. The van der Waals surface area contributed by atoms with Crippen LogP contribution in [0.1, 0.15) is 21.6 Å². The van der Waals surface area contributed by atoms with Crippen molar-refractivity contribution in [3.63, 3.8) is 0 Å². The number of carboxylic acids is 1. The van der Waals surface area contributed by atoms with E-state index in [-0.39, 0.29) is 5.69 Å². The van der Waals surface area contributed by atoms with Crippen LogP contribution in [0.5, 0.6) is 0 Å². The Morgan fingerprint density at radius 2 is 2.06 bits per heavy atom. The van der Waals surface area contributed by atoms with Gasteiger partial charge in [-0.05, 0) is 41.4 Å². The molecule has 0 aliphatic carbocycles. The quantitative estimate of drug-likeness (QED) is 0.927. The molecule has 4 nitrogen and oxygen atoms in total. The van der Waals surface area contributed by atoms with Gasteiger partial charge in [-0.25, -0.2) is 9.78 Å². The van der Waals surface area contributed by atoms with Gasteiger partial charge in [-0.3, -0.25) is 0 Å². The van der Waals surface area contributed by atoms with Gasteiger partial charge in [0.1, 0.15) is 10.4 Å². The van der Waals surface area contributed by atoms with Crippen molar-refractivity contribution in [2.75, 3.05) is 0 Å². The number of carboxylic acid groups (broad SMARTS) is 1. The van der Waals surface area contributed by atoms with Crippen LogP contribution in [0.2, 0.25) is 0 Å². The Morgan fingerprint density at radius 3 is 2.61 bits per heavy atom. The number of aromatic carboxylic acids is 1. The lowest BCUT2D eigenvalue weighted by atomic mass is 10.1. The molecule has 2 aromatic rings. The maximum atomic E-state index is 11.1. The lowest BCUT2D eigenvalue weighted by Crippen LogP contribution is -2.06. The molecule has 0 spiro atoms. The molecule has 1 heterocycles. The summed E-state index contributed by atoms with van der Waals surface area (Å²) in [5.74, 6) is -0.339. The van der Waals surface area contributed by atoms with Crippen LogP contribution in [-0.2, 0) is 7.05 Å². The third kappa shape index (κ3) is 2.06. The van der Waals surface area contributed by atoms with Gasteiger partial charge in [-0.2, -0.15) is 0 Å². The van der Waals surface area contributed by atoms with E-state index in [1.807, 2.05) is 32.0 Å². The fourth-order valence-electron chi connectivity index (χ4n) is 1.91. The third-order valence-electron chi connectivity index (χ3n) is 2.89. The molecule has 0 amide bonds. The maximum Gasteiger partial charge on any atom is 0.355 e. The Morgan fingerprint density at radius 1 is 1.39 bits per heavy atom. The summed E-state index contributed by atoms with van der Waals surface area (Å²) in [6, 6.07) is 6.04. The van der Waals surface area contributed by atoms with Gasteiger partial charge in [0.15, 0.2) is 5.69 Å². The zero-order valence-electron chi connectivity index (χ0n) is 10.4. The van der Waals surface area contributed by atoms with Gasteiger partial charge in [-0.15, -0.1) is 0 Å². The predicted molar refractivity (Wildman–Crippen MR) is 72.8 cm³/mol. The Bertz CT molecular complexity index is 632. The predicted octanol–water partition coefficient (Wildman–Crippen LogP) is 3.16. The number of nitrogens with zero attached hydrogens (tertiary/aromatic N) is 2. The van der Waals surface area contributed by atoms with Crippen molar-refractivity contribution in [3.05, 3.63) is 39.6 Å². The molecule has 0 radical (unpaired) electrons. The minimum absolute atomic E-state index is 0.158. The number of carbonyl (C=O) groups is 1. The highest BCUT2D eigenvalue weighted by atomic mass is 79.9. The van der Waals surface area contributed by atoms with Crippen LogP contribution in [0.15, 0.2) is 22.8 Å². The largest absolute Gasteiger partial charge is 0.476 e. The monoisotopic (exact) mass is 308 g/mol. The van der Waals surface area contributed by atoms with Crippen LogP contribution in [0.4, 0.5) is 0 Å². The standard InChI is InChI=1S/C13H13BrN2O2/c1-7-4-5-8(2)9(6-7)12-15-11(14)10(13(17)18)16(12)3/h4-6H,1-3H3,(H,17,18). The molecule has 1 N–H and O–H groups in total. The topological polar surface area (TPSA) is 55.1 Å². The molecule has 1 aromatic heterocycles. The van der Waals surface area contributed by atoms with Crippen molar-refractivity contribution in [3.8, 4) is 11.4 Å². The smallest absolute Gasteiger partial charge is 0.355 e. The van der Waals surface area contributed by atoms with E-state index in [4.69, 9.17) is 5.11 Å². The normalized spacial score (nSPS) is 10.7. The van der Waals surface area contributed by atoms with Crippen LogP contribution in [0, 0.1) is 13.8 Å². The maximum absolute atomic E-state index is 11.1. The number of halogens is 1. The molecule has 0 unspecified atom stereocenters. The van der Waals surface area contributed by atoms with Crippen molar-refractivity contribution in [2.45, 2.75) is 13.8 Å². The molecule has 0 saturated carbocycles. The summed E-state index contributed by atoms with van der Waals surface area (Å²) in [4.78, 5) is 15.5. The molecule has 0 aliphatic rings. The molecule has 2 rings (SSSR count). The molecular formula is C13H13BrN2O2.